The molecule has 5 aromatic carbocycles. The lowest BCUT2D eigenvalue weighted by Crippen LogP contribution is -2.34. The first-order valence-electron chi connectivity index (χ1n) is 11.4. The molecule has 0 heterocycles. The Kier molecular flexibility index (Phi) is 6.38. The highest BCUT2D eigenvalue weighted by molar-refractivity contribution is 7.97. The fraction of sp³-hybridized carbons (Fsp3) is 0. The van der Waals surface area contributed by atoms with Gasteiger partial charge in [0.25, 0.3) is 0 Å². The Hall–Kier alpha value is -3.93. The van der Waals surface area contributed by atoms with Gasteiger partial charge in [-0.2, -0.15) is 0 Å². The number of Topliss-reactive ketones (excluding diaryl/α,β-unsaturated/α-hetero) is 1. The molecule has 0 saturated heterocycles. The molecular weight excluding hydrogens is 431 g/mol. The van der Waals surface area contributed by atoms with E-state index in [1.165, 1.54) is 0 Å². The molecule has 2 heteroatoms. The molecular formula is C32H25OP. The Bertz CT molecular complexity index is 1320. The molecule has 1 nitrogen and oxygen atoms in total. The summed E-state index contributed by atoms with van der Waals surface area (Å²) in [7, 11) is 0. The van der Waals surface area contributed by atoms with Crippen LogP contribution in [0.15, 0.2) is 152 Å². The summed E-state index contributed by atoms with van der Waals surface area (Å²) in [6.07, 6.45) is 0. The lowest BCUT2D eigenvalue weighted by atomic mass is 10.0. The number of ketones is 1. The van der Waals surface area contributed by atoms with Gasteiger partial charge in [0.1, 0.15) is 0 Å². The summed E-state index contributed by atoms with van der Waals surface area (Å²) < 4.78 is 0. The topological polar surface area (TPSA) is 17.1 Å². The Balaban J connectivity index is 2.05. The highest BCUT2D eigenvalue weighted by atomic mass is 31.2. The summed E-state index contributed by atoms with van der Waals surface area (Å²) in [5.74, 6) is 0.0664. The number of carbonyl (C=O) groups is 1. The minimum atomic E-state index is -2.54. The van der Waals surface area contributed by atoms with Crippen molar-refractivity contribution >= 4 is 33.9 Å². The molecule has 0 aliphatic heterocycles. The van der Waals surface area contributed by atoms with Gasteiger partial charge in [0, 0.05) is 10.9 Å². The van der Waals surface area contributed by atoms with E-state index in [0.29, 0.717) is 5.56 Å². The molecule has 0 amide bonds. The normalized spacial score (nSPS) is 11.1. The van der Waals surface area contributed by atoms with Crippen molar-refractivity contribution < 1.29 is 4.79 Å². The van der Waals surface area contributed by atoms with Gasteiger partial charge in [0.2, 0.25) is 0 Å². The molecule has 34 heavy (non-hydrogen) atoms. The summed E-state index contributed by atoms with van der Waals surface area (Å²) in [6.45, 7) is -2.54. The van der Waals surface area contributed by atoms with E-state index < -0.39 is 6.89 Å². The molecule has 0 N–H and O–H groups in total. The van der Waals surface area contributed by atoms with Crippen molar-refractivity contribution in [1.29, 1.82) is 0 Å². The maximum absolute atomic E-state index is 14.5. The van der Waals surface area contributed by atoms with E-state index in [4.69, 9.17) is 0 Å². The van der Waals surface area contributed by atoms with Crippen molar-refractivity contribution in [1.82, 2.24) is 0 Å². The monoisotopic (exact) mass is 456 g/mol. The fourth-order valence-corrected chi connectivity index (χ4v) is 9.09. The summed E-state index contributed by atoms with van der Waals surface area (Å²) in [5.41, 5.74) is 1.66. The fourth-order valence-electron chi connectivity index (χ4n) is 4.59. The zero-order valence-corrected chi connectivity index (χ0v) is 19.7. The van der Waals surface area contributed by atoms with Crippen molar-refractivity contribution in [3.05, 3.63) is 163 Å². The highest BCUT2D eigenvalue weighted by Gasteiger charge is 2.34. The van der Waals surface area contributed by atoms with Crippen LogP contribution in [0.1, 0.15) is 15.9 Å². The van der Waals surface area contributed by atoms with E-state index in [2.05, 4.69) is 84.9 Å². The van der Waals surface area contributed by atoms with Crippen molar-refractivity contribution in [2.24, 2.45) is 0 Å². The van der Waals surface area contributed by atoms with Gasteiger partial charge < -0.3 is 0 Å². The molecule has 0 atom stereocenters. The average Bonchev–Trinajstić information content (AvgIpc) is 2.94. The zero-order chi connectivity index (χ0) is 23.2. The van der Waals surface area contributed by atoms with Crippen molar-refractivity contribution in [2.45, 2.75) is 0 Å². The van der Waals surface area contributed by atoms with Gasteiger partial charge in [-0.15, -0.1) is 0 Å². The molecule has 0 saturated carbocycles. The van der Waals surface area contributed by atoms with Crippen LogP contribution in [0, 0.1) is 0 Å². The highest BCUT2D eigenvalue weighted by Crippen LogP contribution is 2.48. The second-order valence-electron chi connectivity index (χ2n) is 8.09. The third kappa shape index (κ3) is 3.96. The molecule has 5 rings (SSSR count). The van der Waals surface area contributed by atoms with Crippen LogP contribution in [-0.2, 0) is 0 Å². The van der Waals surface area contributed by atoms with E-state index in [1.807, 2.05) is 66.7 Å². The number of hydrogen-bond acceptors (Lipinski definition) is 1. The molecule has 0 fully saturated rings. The Morgan fingerprint density at radius 3 is 1.03 bits per heavy atom. The Morgan fingerprint density at radius 1 is 0.382 bits per heavy atom. The number of rotatable bonds is 6. The van der Waals surface area contributed by atoms with Crippen molar-refractivity contribution in [2.75, 3.05) is 0 Å². The number of hydrogen-bond donors (Lipinski definition) is 0. The minimum absolute atomic E-state index is 0.0664. The predicted octanol–water partition coefficient (Wildman–Crippen LogP) is 6.08. The van der Waals surface area contributed by atoms with Crippen LogP contribution >= 0.6 is 6.89 Å². The van der Waals surface area contributed by atoms with Crippen LogP contribution in [0.5, 0.6) is 0 Å². The first kappa shape index (κ1) is 21.9. The van der Waals surface area contributed by atoms with Gasteiger partial charge in [-0.05, 0) is 28.4 Å². The summed E-state index contributed by atoms with van der Waals surface area (Å²) >= 11 is 0. The molecule has 0 aromatic heterocycles. The first-order chi connectivity index (χ1) is 16.8. The smallest absolute Gasteiger partial charge is 0.194 e. The molecule has 164 valence electrons. The van der Waals surface area contributed by atoms with Crippen molar-refractivity contribution in [3.63, 3.8) is 0 Å². The van der Waals surface area contributed by atoms with Gasteiger partial charge >= 0.3 is 0 Å². The summed E-state index contributed by atoms with van der Waals surface area (Å²) in [5, 5.41) is 4.34. The van der Waals surface area contributed by atoms with Crippen LogP contribution in [0.3, 0.4) is 0 Å². The van der Waals surface area contributed by atoms with E-state index in [0.717, 1.165) is 26.8 Å². The number of carbonyl (C=O) groups excluding carboxylic acids is 1. The second-order valence-corrected chi connectivity index (χ2v) is 11.4. The van der Waals surface area contributed by atoms with Gasteiger partial charge in [0.15, 0.2) is 5.78 Å². The Labute approximate surface area is 201 Å². The van der Waals surface area contributed by atoms with Gasteiger partial charge in [-0.3, -0.25) is 4.79 Å². The maximum atomic E-state index is 14.5. The molecule has 0 unspecified atom stereocenters. The van der Waals surface area contributed by atoms with Crippen LogP contribution in [0.4, 0.5) is 0 Å². The van der Waals surface area contributed by atoms with Crippen LogP contribution < -0.4 is 15.9 Å². The standard InChI is InChI=1S/C32H25OP/c33-31(26-16-6-1-7-17-26)32(27-18-8-2-9-19-27)34(28-20-10-3-11-21-28,29-22-12-4-13-23-29)30-24-14-5-15-25-30/h1-25H. The molecule has 0 radical (unpaired) electrons. The quantitative estimate of drug-likeness (QED) is 0.223. The lowest BCUT2D eigenvalue weighted by Gasteiger charge is -2.32. The SMILES string of the molecule is O=C(C(c1ccccc1)=P(c1ccccc1)(c1ccccc1)c1ccccc1)c1ccccc1. The van der Waals surface area contributed by atoms with E-state index in [-0.39, 0.29) is 5.78 Å². The van der Waals surface area contributed by atoms with Crippen LogP contribution in [-0.4, -0.2) is 11.1 Å². The van der Waals surface area contributed by atoms with Gasteiger partial charge in [-0.25, -0.2) is 0 Å². The van der Waals surface area contributed by atoms with Gasteiger partial charge in [-0.1, -0.05) is 152 Å². The average molecular weight is 457 g/mol. The van der Waals surface area contributed by atoms with Crippen LogP contribution in [0.25, 0.3) is 0 Å². The van der Waals surface area contributed by atoms with E-state index in [9.17, 15) is 4.79 Å². The second kappa shape index (κ2) is 9.91. The predicted molar refractivity (Wildman–Crippen MR) is 146 cm³/mol. The first-order valence-corrected chi connectivity index (χ1v) is 13.2. The Morgan fingerprint density at radius 2 is 0.676 bits per heavy atom. The maximum Gasteiger partial charge on any atom is 0.194 e. The third-order valence-corrected chi connectivity index (χ3v) is 10.4. The molecule has 5 aromatic rings. The largest absolute Gasteiger partial charge is 0.289 e. The molecule has 0 aliphatic carbocycles. The minimum Gasteiger partial charge on any atom is -0.289 e. The van der Waals surface area contributed by atoms with E-state index >= 15 is 0 Å². The van der Waals surface area contributed by atoms with Gasteiger partial charge in [0.05, 0.1) is 0 Å². The summed E-state index contributed by atoms with van der Waals surface area (Å²) in [4.78, 5) is 14.5. The van der Waals surface area contributed by atoms with Crippen LogP contribution in [0.2, 0.25) is 0 Å². The number of benzene rings is 5. The third-order valence-electron chi connectivity index (χ3n) is 6.06. The lowest BCUT2D eigenvalue weighted by molar-refractivity contribution is 0.106. The molecule has 0 aliphatic rings. The molecule has 0 spiro atoms. The van der Waals surface area contributed by atoms with E-state index in [1.54, 1.807) is 0 Å². The van der Waals surface area contributed by atoms with Crippen molar-refractivity contribution in [3.8, 4) is 0 Å². The molecule has 0 bridgehead atoms. The summed E-state index contributed by atoms with van der Waals surface area (Å²) in [6, 6.07) is 51.4. The zero-order valence-electron chi connectivity index (χ0n) is 18.8.